The largest absolute Gasteiger partial charge is 0.347 e. The van der Waals surface area contributed by atoms with Crippen LogP contribution in [0.25, 0.3) is 0 Å². The number of aryl methyl sites for hydroxylation is 1. The fourth-order valence-electron chi connectivity index (χ4n) is 4.28. The lowest BCUT2D eigenvalue weighted by Crippen LogP contribution is -2.65. The van der Waals surface area contributed by atoms with Crippen molar-refractivity contribution in [1.29, 1.82) is 0 Å². The Bertz CT molecular complexity index is 1040. The molecular formula is C26H31F2N3O3. The molecule has 1 fully saturated rings. The normalized spacial score (nSPS) is 19.2. The maximum absolute atomic E-state index is 14.9. The first-order chi connectivity index (χ1) is 16.1. The summed E-state index contributed by atoms with van der Waals surface area (Å²) in [5.74, 6) is -3.11. The van der Waals surface area contributed by atoms with Gasteiger partial charge in [0.25, 0.3) is 0 Å². The van der Waals surface area contributed by atoms with Gasteiger partial charge in [-0.2, -0.15) is 0 Å². The minimum absolute atomic E-state index is 0.0279. The number of likely N-dealkylation sites (N-methyl/N-ethyl adjacent to an activating group) is 1. The molecule has 34 heavy (non-hydrogen) atoms. The van der Waals surface area contributed by atoms with E-state index in [1.165, 1.54) is 30.0 Å². The van der Waals surface area contributed by atoms with Gasteiger partial charge in [-0.1, -0.05) is 50.2 Å². The zero-order valence-electron chi connectivity index (χ0n) is 19.9. The monoisotopic (exact) mass is 471 g/mol. The standard InChI is InChI=1S/C26H31F2N3O3/c1-16(2)14-22-24(32)29-21(13-10-17-8-6-5-7-9-17)25(33)31(22)23(26(34)30(3)4)19-12-11-18(27)15-20(19)28/h5-9,11-12,15-16,21-23H,10,13-14H2,1-4H3,(H,29,32). The van der Waals surface area contributed by atoms with Crippen molar-refractivity contribution in [2.24, 2.45) is 5.92 Å². The highest BCUT2D eigenvalue weighted by atomic mass is 19.1. The third-order valence-corrected chi connectivity index (χ3v) is 5.98. The van der Waals surface area contributed by atoms with Crippen LogP contribution < -0.4 is 5.32 Å². The maximum Gasteiger partial charge on any atom is 0.249 e. The van der Waals surface area contributed by atoms with Gasteiger partial charge >= 0.3 is 0 Å². The van der Waals surface area contributed by atoms with E-state index in [0.29, 0.717) is 25.3 Å². The van der Waals surface area contributed by atoms with Crippen LogP contribution in [0.1, 0.15) is 43.9 Å². The molecule has 182 valence electrons. The first-order valence-electron chi connectivity index (χ1n) is 11.4. The summed E-state index contributed by atoms with van der Waals surface area (Å²) in [6, 6.07) is 9.23. The number of halogens is 2. The van der Waals surface area contributed by atoms with Crippen LogP contribution in [-0.4, -0.2) is 53.7 Å². The topological polar surface area (TPSA) is 69.7 Å². The Labute approximate surface area is 198 Å². The van der Waals surface area contributed by atoms with Gasteiger partial charge in [-0.25, -0.2) is 8.78 Å². The predicted octanol–water partition coefficient (Wildman–Crippen LogP) is 3.47. The van der Waals surface area contributed by atoms with E-state index in [1.807, 2.05) is 44.2 Å². The van der Waals surface area contributed by atoms with Gasteiger partial charge in [-0.05, 0) is 36.8 Å². The van der Waals surface area contributed by atoms with Crippen LogP contribution in [0.2, 0.25) is 0 Å². The van der Waals surface area contributed by atoms with Crippen LogP contribution in [0.3, 0.4) is 0 Å². The van der Waals surface area contributed by atoms with Crippen molar-refractivity contribution in [3.63, 3.8) is 0 Å². The van der Waals surface area contributed by atoms with Crippen molar-refractivity contribution in [3.05, 3.63) is 71.3 Å². The van der Waals surface area contributed by atoms with E-state index < -0.39 is 41.6 Å². The number of hydrogen-bond donors (Lipinski definition) is 1. The Morgan fingerprint density at radius 1 is 1.09 bits per heavy atom. The minimum atomic E-state index is -1.39. The van der Waals surface area contributed by atoms with E-state index in [4.69, 9.17) is 0 Å². The quantitative estimate of drug-likeness (QED) is 0.641. The summed E-state index contributed by atoms with van der Waals surface area (Å²) in [5, 5.41) is 2.81. The van der Waals surface area contributed by atoms with Gasteiger partial charge in [0.1, 0.15) is 29.8 Å². The molecule has 3 rings (SSSR count). The smallest absolute Gasteiger partial charge is 0.249 e. The molecule has 1 aliphatic rings. The lowest BCUT2D eigenvalue weighted by Gasteiger charge is -2.44. The summed E-state index contributed by atoms with van der Waals surface area (Å²) in [6.07, 6.45) is 1.16. The van der Waals surface area contributed by atoms with Gasteiger partial charge < -0.3 is 15.1 Å². The summed E-state index contributed by atoms with van der Waals surface area (Å²) < 4.78 is 28.6. The molecule has 0 aromatic heterocycles. The zero-order valence-corrected chi connectivity index (χ0v) is 19.9. The number of benzene rings is 2. The van der Waals surface area contributed by atoms with Gasteiger partial charge in [0.2, 0.25) is 17.7 Å². The van der Waals surface area contributed by atoms with E-state index in [2.05, 4.69) is 5.32 Å². The van der Waals surface area contributed by atoms with Crippen LogP contribution in [0.4, 0.5) is 8.78 Å². The van der Waals surface area contributed by atoms with Crippen LogP contribution in [0.15, 0.2) is 48.5 Å². The summed E-state index contributed by atoms with van der Waals surface area (Å²) in [4.78, 5) is 42.7. The molecule has 1 heterocycles. The van der Waals surface area contributed by atoms with Crippen LogP contribution in [0, 0.1) is 17.6 Å². The Balaban J connectivity index is 2.04. The first kappa shape index (κ1) is 25.3. The van der Waals surface area contributed by atoms with Gasteiger partial charge in [0.15, 0.2) is 0 Å². The fraction of sp³-hybridized carbons (Fsp3) is 0.423. The highest BCUT2D eigenvalue weighted by Crippen LogP contribution is 2.33. The second-order valence-corrected chi connectivity index (χ2v) is 9.28. The van der Waals surface area contributed by atoms with E-state index in [9.17, 15) is 23.2 Å². The van der Waals surface area contributed by atoms with Crippen molar-refractivity contribution in [2.45, 2.75) is 51.2 Å². The Morgan fingerprint density at radius 3 is 2.35 bits per heavy atom. The SMILES string of the molecule is CC(C)CC1C(=O)NC(CCc2ccccc2)C(=O)N1C(C(=O)N(C)C)c1ccc(F)cc1F. The number of amides is 3. The molecule has 3 amide bonds. The number of hydrogen-bond acceptors (Lipinski definition) is 3. The molecule has 3 atom stereocenters. The highest BCUT2D eigenvalue weighted by Gasteiger charge is 2.47. The molecule has 3 unspecified atom stereocenters. The zero-order chi connectivity index (χ0) is 25.0. The average molecular weight is 472 g/mol. The molecule has 0 aliphatic carbocycles. The highest BCUT2D eigenvalue weighted by molar-refractivity contribution is 6.00. The van der Waals surface area contributed by atoms with E-state index in [0.717, 1.165) is 11.6 Å². The number of carbonyl (C=O) groups is 3. The molecular weight excluding hydrogens is 440 g/mol. The number of piperazine rings is 1. The molecule has 0 saturated carbocycles. The summed E-state index contributed by atoms with van der Waals surface area (Å²) in [7, 11) is 2.99. The lowest BCUT2D eigenvalue weighted by molar-refractivity contribution is -0.158. The summed E-state index contributed by atoms with van der Waals surface area (Å²) in [6.45, 7) is 3.80. The average Bonchev–Trinajstić information content (AvgIpc) is 2.78. The van der Waals surface area contributed by atoms with Crippen molar-refractivity contribution in [1.82, 2.24) is 15.1 Å². The van der Waals surface area contributed by atoms with Crippen molar-refractivity contribution in [3.8, 4) is 0 Å². The summed E-state index contributed by atoms with van der Waals surface area (Å²) in [5.41, 5.74) is 0.865. The first-order valence-corrected chi connectivity index (χ1v) is 11.4. The van der Waals surface area contributed by atoms with Crippen molar-refractivity contribution in [2.75, 3.05) is 14.1 Å². The number of rotatable bonds is 8. The Hall–Kier alpha value is -3.29. The molecule has 8 heteroatoms. The van der Waals surface area contributed by atoms with Crippen LogP contribution in [0.5, 0.6) is 0 Å². The van der Waals surface area contributed by atoms with Gasteiger partial charge in [0.05, 0.1) is 0 Å². The second-order valence-electron chi connectivity index (χ2n) is 9.28. The molecule has 0 bridgehead atoms. The predicted molar refractivity (Wildman–Crippen MR) is 125 cm³/mol. The fourth-order valence-corrected chi connectivity index (χ4v) is 4.28. The van der Waals surface area contributed by atoms with Crippen molar-refractivity contribution >= 4 is 17.7 Å². The van der Waals surface area contributed by atoms with Gasteiger partial charge in [-0.15, -0.1) is 0 Å². The lowest BCUT2D eigenvalue weighted by atomic mass is 9.91. The summed E-state index contributed by atoms with van der Waals surface area (Å²) >= 11 is 0. The van der Waals surface area contributed by atoms with E-state index >= 15 is 0 Å². The molecule has 0 spiro atoms. The Morgan fingerprint density at radius 2 is 1.76 bits per heavy atom. The molecule has 2 aromatic carbocycles. The third kappa shape index (κ3) is 5.61. The molecule has 2 aromatic rings. The number of nitrogens with zero attached hydrogens (tertiary/aromatic N) is 2. The number of nitrogens with one attached hydrogen (secondary N) is 1. The minimum Gasteiger partial charge on any atom is -0.347 e. The molecule has 1 N–H and O–H groups in total. The maximum atomic E-state index is 14.9. The number of carbonyl (C=O) groups excluding carboxylic acids is 3. The molecule has 0 radical (unpaired) electrons. The molecule has 1 saturated heterocycles. The van der Waals surface area contributed by atoms with Crippen molar-refractivity contribution < 1.29 is 23.2 Å². The van der Waals surface area contributed by atoms with Crippen LogP contribution in [-0.2, 0) is 20.8 Å². The third-order valence-electron chi connectivity index (χ3n) is 5.98. The second kappa shape index (κ2) is 10.8. The van der Waals surface area contributed by atoms with E-state index in [-0.39, 0.29) is 17.4 Å². The van der Waals surface area contributed by atoms with Gasteiger partial charge in [0, 0.05) is 25.7 Å². The van der Waals surface area contributed by atoms with Gasteiger partial charge in [-0.3, -0.25) is 14.4 Å². The Kier molecular flexibility index (Phi) is 8.02. The molecule has 6 nitrogen and oxygen atoms in total. The molecule has 1 aliphatic heterocycles. The van der Waals surface area contributed by atoms with Crippen LogP contribution >= 0.6 is 0 Å². The van der Waals surface area contributed by atoms with E-state index in [1.54, 1.807) is 0 Å².